The molecule has 1 aromatic rings. The smallest absolute Gasteiger partial charge is 0.401 e. The average Bonchev–Trinajstić information content (AvgIpc) is 2.81. The average molecular weight is 336 g/mol. The molecule has 22 heavy (non-hydrogen) atoms. The van der Waals surface area contributed by atoms with Gasteiger partial charge in [-0.25, -0.2) is 0 Å². The molecule has 3 nitrogen and oxygen atoms in total. The lowest BCUT2D eigenvalue weighted by atomic mass is 9.89. The van der Waals surface area contributed by atoms with E-state index in [-0.39, 0.29) is 19.7 Å². The molecule has 1 heterocycles. The SMILES string of the molecule is CCOC(=O)[C@H]1CN(CC(F)(F)F)C[C@H]1c1ccccc1Cl. The van der Waals surface area contributed by atoms with Crippen molar-refractivity contribution >= 4 is 17.6 Å². The van der Waals surface area contributed by atoms with Gasteiger partial charge in [-0.2, -0.15) is 13.2 Å². The number of alkyl halides is 3. The monoisotopic (exact) mass is 335 g/mol. The van der Waals surface area contributed by atoms with Crippen LogP contribution in [0.2, 0.25) is 5.02 Å². The van der Waals surface area contributed by atoms with E-state index in [0.29, 0.717) is 10.6 Å². The van der Waals surface area contributed by atoms with Crippen LogP contribution in [0.3, 0.4) is 0 Å². The number of nitrogens with zero attached hydrogens (tertiary/aromatic N) is 1. The highest BCUT2D eigenvalue weighted by molar-refractivity contribution is 6.31. The molecule has 2 rings (SSSR count). The molecule has 1 saturated heterocycles. The standard InChI is InChI=1S/C15H17ClF3NO2/c1-2-22-14(21)12-8-20(9-15(17,18)19)7-11(12)10-5-3-4-6-13(10)16/h3-6,11-12H,2,7-9H2,1H3/t11-,12-/m0/s1. The Labute approximate surface area is 132 Å². The third-order valence-corrected chi connectivity index (χ3v) is 4.04. The highest BCUT2D eigenvalue weighted by atomic mass is 35.5. The van der Waals surface area contributed by atoms with Gasteiger partial charge in [-0.15, -0.1) is 0 Å². The number of hydrogen-bond donors (Lipinski definition) is 0. The second-order valence-electron chi connectivity index (χ2n) is 5.30. The van der Waals surface area contributed by atoms with Gasteiger partial charge in [0, 0.05) is 24.0 Å². The maximum absolute atomic E-state index is 12.6. The Hall–Kier alpha value is -1.27. The Kier molecular flexibility index (Phi) is 5.34. The predicted octanol–water partition coefficient (Wildman–Crippen LogP) is 3.48. The van der Waals surface area contributed by atoms with Crippen LogP contribution in [-0.2, 0) is 9.53 Å². The van der Waals surface area contributed by atoms with E-state index in [9.17, 15) is 18.0 Å². The number of likely N-dealkylation sites (tertiary alicyclic amines) is 1. The fraction of sp³-hybridized carbons (Fsp3) is 0.533. The van der Waals surface area contributed by atoms with E-state index < -0.39 is 30.5 Å². The van der Waals surface area contributed by atoms with Crippen LogP contribution in [0.5, 0.6) is 0 Å². The summed E-state index contributed by atoms with van der Waals surface area (Å²) in [4.78, 5) is 13.3. The second-order valence-corrected chi connectivity index (χ2v) is 5.70. The summed E-state index contributed by atoms with van der Waals surface area (Å²) in [5, 5.41) is 0.454. The predicted molar refractivity (Wildman–Crippen MR) is 76.8 cm³/mol. The molecule has 1 aromatic carbocycles. The van der Waals surface area contributed by atoms with Crippen LogP contribution in [0.4, 0.5) is 13.2 Å². The van der Waals surface area contributed by atoms with Crippen molar-refractivity contribution in [3.8, 4) is 0 Å². The van der Waals surface area contributed by atoms with E-state index in [1.807, 2.05) is 0 Å². The molecule has 1 fully saturated rings. The molecule has 0 unspecified atom stereocenters. The highest BCUT2D eigenvalue weighted by Gasteiger charge is 2.43. The lowest BCUT2D eigenvalue weighted by molar-refractivity contribution is -0.151. The van der Waals surface area contributed by atoms with Crippen molar-refractivity contribution in [1.82, 2.24) is 4.90 Å². The third-order valence-electron chi connectivity index (χ3n) is 3.69. The van der Waals surface area contributed by atoms with Gasteiger partial charge in [0.25, 0.3) is 0 Å². The largest absolute Gasteiger partial charge is 0.466 e. The molecule has 0 radical (unpaired) electrons. The number of carbonyl (C=O) groups excluding carboxylic acids is 1. The zero-order valence-corrected chi connectivity index (χ0v) is 12.8. The number of rotatable bonds is 4. The van der Waals surface area contributed by atoms with Crippen LogP contribution in [0, 0.1) is 5.92 Å². The molecular weight excluding hydrogens is 319 g/mol. The summed E-state index contributed by atoms with van der Waals surface area (Å²) < 4.78 is 42.8. The van der Waals surface area contributed by atoms with Gasteiger partial charge in [0.15, 0.2) is 0 Å². The maximum atomic E-state index is 12.6. The Bertz CT molecular complexity index is 536. The molecule has 7 heteroatoms. The number of halogens is 4. The van der Waals surface area contributed by atoms with Crippen molar-refractivity contribution in [3.63, 3.8) is 0 Å². The first-order valence-electron chi connectivity index (χ1n) is 7.02. The number of benzene rings is 1. The minimum absolute atomic E-state index is 0.0221. The maximum Gasteiger partial charge on any atom is 0.401 e. The Morgan fingerprint density at radius 3 is 2.64 bits per heavy atom. The first-order chi connectivity index (χ1) is 10.3. The van der Waals surface area contributed by atoms with Gasteiger partial charge in [-0.3, -0.25) is 9.69 Å². The summed E-state index contributed by atoms with van der Waals surface area (Å²) in [6, 6.07) is 6.92. The topological polar surface area (TPSA) is 29.5 Å². The Balaban J connectivity index is 2.24. The highest BCUT2D eigenvalue weighted by Crippen LogP contribution is 2.37. The van der Waals surface area contributed by atoms with Crippen LogP contribution in [0.15, 0.2) is 24.3 Å². The number of esters is 1. The van der Waals surface area contributed by atoms with E-state index in [4.69, 9.17) is 16.3 Å². The summed E-state index contributed by atoms with van der Waals surface area (Å²) in [7, 11) is 0. The summed E-state index contributed by atoms with van der Waals surface area (Å²) in [5.74, 6) is -1.51. The van der Waals surface area contributed by atoms with Gasteiger partial charge >= 0.3 is 12.1 Å². The van der Waals surface area contributed by atoms with E-state index in [1.165, 1.54) is 4.90 Å². The molecule has 0 aliphatic carbocycles. The van der Waals surface area contributed by atoms with E-state index in [1.54, 1.807) is 31.2 Å². The second kappa shape index (κ2) is 6.87. The molecule has 0 aromatic heterocycles. The lowest BCUT2D eigenvalue weighted by Crippen LogP contribution is -2.33. The van der Waals surface area contributed by atoms with E-state index in [2.05, 4.69) is 0 Å². The van der Waals surface area contributed by atoms with Crippen LogP contribution >= 0.6 is 11.6 Å². The van der Waals surface area contributed by atoms with Crippen molar-refractivity contribution in [2.24, 2.45) is 5.92 Å². The first kappa shape index (κ1) is 17.1. The molecule has 0 N–H and O–H groups in total. The summed E-state index contributed by atoms with van der Waals surface area (Å²) in [6.45, 7) is 0.986. The molecule has 122 valence electrons. The number of hydrogen-bond acceptors (Lipinski definition) is 3. The first-order valence-corrected chi connectivity index (χ1v) is 7.39. The van der Waals surface area contributed by atoms with Crippen molar-refractivity contribution < 1.29 is 22.7 Å². The number of carbonyl (C=O) groups is 1. The molecule has 0 bridgehead atoms. The van der Waals surface area contributed by atoms with Crippen molar-refractivity contribution in [2.75, 3.05) is 26.2 Å². The fourth-order valence-corrected chi connectivity index (χ4v) is 3.12. The molecule has 0 saturated carbocycles. The van der Waals surface area contributed by atoms with Gasteiger partial charge in [0.05, 0.1) is 19.1 Å². The van der Waals surface area contributed by atoms with Gasteiger partial charge in [-0.1, -0.05) is 29.8 Å². The van der Waals surface area contributed by atoms with Crippen LogP contribution in [0.25, 0.3) is 0 Å². The summed E-state index contributed by atoms with van der Waals surface area (Å²) in [5.41, 5.74) is 0.687. The van der Waals surface area contributed by atoms with Crippen molar-refractivity contribution in [1.29, 1.82) is 0 Å². The zero-order valence-electron chi connectivity index (χ0n) is 12.1. The summed E-state index contributed by atoms with van der Waals surface area (Å²) >= 11 is 6.14. The summed E-state index contributed by atoms with van der Waals surface area (Å²) in [6.07, 6.45) is -4.30. The molecule has 2 atom stereocenters. The fourth-order valence-electron chi connectivity index (χ4n) is 2.85. The third kappa shape index (κ3) is 4.14. The van der Waals surface area contributed by atoms with Gasteiger partial charge < -0.3 is 4.74 Å². The van der Waals surface area contributed by atoms with Gasteiger partial charge in [0.2, 0.25) is 0 Å². The van der Waals surface area contributed by atoms with Crippen LogP contribution in [0.1, 0.15) is 18.4 Å². The molecule has 1 aliphatic heterocycles. The zero-order chi connectivity index (χ0) is 16.3. The minimum atomic E-state index is -4.30. The molecule has 0 spiro atoms. The minimum Gasteiger partial charge on any atom is -0.466 e. The molecule has 1 aliphatic rings. The van der Waals surface area contributed by atoms with Crippen molar-refractivity contribution in [3.05, 3.63) is 34.9 Å². The Morgan fingerprint density at radius 2 is 2.05 bits per heavy atom. The van der Waals surface area contributed by atoms with Gasteiger partial charge in [-0.05, 0) is 18.6 Å². The van der Waals surface area contributed by atoms with E-state index in [0.717, 1.165) is 0 Å². The Morgan fingerprint density at radius 1 is 1.36 bits per heavy atom. The quantitative estimate of drug-likeness (QED) is 0.789. The number of ether oxygens (including phenoxy) is 1. The normalized spacial score (nSPS) is 22.8. The van der Waals surface area contributed by atoms with Crippen LogP contribution in [-0.4, -0.2) is 43.3 Å². The van der Waals surface area contributed by atoms with E-state index >= 15 is 0 Å². The lowest BCUT2D eigenvalue weighted by Gasteiger charge is -2.18. The molecular formula is C15H17ClF3NO2. The molecule has 0 amide bonds. The van der Waals surface area contributed by atoms with Gasteiger partial charge in [0.1, 0.15) is 0 Å². The van der Waals surface area contributed by atoms with Crippen molar-refractivity contribution in [2.45, 2.75) is 19.0 Å². The van der Waals surface area contributed by atoms with Crippen LogP contribution < -0.4 is 0 Å².